The second kappa shape index (κ2) is 5.74. The van der Waals surface area contributed by atoms with E-state index in [1.54, 1.807) is 5.43 Å². The molecule has 80 valence electrons. The summed E-state index contributed by atoms with van der Waals surface area (Å²) in [6.45, 7) is 0. The highest BCUT2D eigenvalue weighted by atomic mass is 16.7. The number of amides is 1. The van der Waals surface area contributed by atoms with E-state index < -0.39 is 10.9 Å². The van der Waals surface area contributed by atoms with Gasteiger partial charge in [-0.1, -0.05) is 35.8 Å². The van der Waals surface area contributed by atoms with Crippen LogP contribution in [0.3, 0.4) is 0 Å². The van der Waals surface area contributed by atoms with Gasteiger partial charge in [-0.2, -0.15) is 0 Å². The summed E-state index contributed by atoms with van der Waals surface area (Å²) < 4.78 is 0. The summed E-state index contributed by atoms with van der Waals surface area (Å²) in [5.41, 5.74) is 2.74. The van der Waals surface area contributed by atoms with E-state index in [-0.39, 0.29) is 6.42 Å². The van der Waals surface area contributed by atoms with Gasteiger partial charge < -0.3 is 0 Å². The third kappa shape index (κ3) is 4.75. The maximum atomic E-state index is 10.9. The highest BCUT2D eigenvalue weighted by Gasteiger charge is 2.06. The number of nitrogens with zero attached hydrogens (tertiary/aromatic N) is 1. The molecule has 1 aromatic rings. The fraction of sp³-hybridized carbons (Fsp3) is 0.300. The van der Waals surface area contributed by atoms with Gasteiger partial charge in [-0.15, -0.1) is 0 Å². The highest BCUT2D eigenvalue weighted by Crippen LogP contribution is 2.04. The lowest BCUT2D eigenvalue weighted by Gasteiger charge is -1.99. The van der Waals surface area contributed by atoms with Crippen molar-refractivity contribution >= 4 is 5.91 Å². The Morgan fingerprint density at radius 2 is 2.00 bits per heavy atom. The molecule has 1 amide bonds. The molecule has 1 N–H and O–H groups in total. The van der Waals surface area contributed by atoms with Crippen LogP contribution in [0, 0.1) is 10.1 Å². The van der Waals surface area contributed by atoms with Crippen LogP contribution in [0.2, 0.25) is 0 Å². The van der Waals surface area contributed by atoms with Gasteiger partial charge in [0.2, 0.25) is 0 Å². The van der Waals surface area contributed by atoms with Gasteiger partial charge in [0.05, 0.1) is 0 Å². The number of nitrogens with one attached hydrogen (secondary N) is 1. The molecular weight excluding hydrogens is 196 g/mol. The van der Waals surface area contributed by atoms with E-state index in [9.17, 15) is 14.9 Å². The van der Waals surface area contributed by atoms with Gasteiger partial charge in [0.1, 0.15) is 0 Å². The number of carbonyl (C=O) groups excluding carboxylic acids is 1. The van der Waals surface area contributed by atoms with Crippen molar-refractivity contribution in [1.82, 2.24) is 5.43 Å². The molecule has 1 aromatic carbocycles. The first kappa shape index (κ1) is 11.2. The summed E-state index contributed by atoms with van der Waals surface area (Å²) >= 11 is 0. The van der Waals surface area contributed by atoms with Gasteiger partial charge in [0.15, 0.2) is 5.03 Å². The van der Waals surface area contributed by atoms with E-state index >= 15 is 0 Å². The quantitative estimate of drug-likeness (QED) is 0.585. The van der Waals surface area contributed by atoms with Gasteiger partial charge in [-0.05, 0) is 18.4 Å². The Morgan fingerprint density at radius 1 is 1.33 bits per heavy atom. The molecule has 0 spiro atoms. The van der Waals surface area contributed by atoms with Crippen LogP contribution in [0.5, 0.6) is 0 Å². The van der Waals surface area contributed by atoms with Gasteiger partial charge in [-0.3, -0.25) is 4.79 Å². The lowest BCUT2D eigenvalue weighted by atomic mass is 10.1. The first-order valence-electron chi connectivity index (χ1n) is 4.66. The van der Waals surface area contributed by atoms with Crippen LogP contribution >= 0.6 is 0 Å². The molecule has 0 radical (unpaired) electrons. The van der Waals surface area contributed by atoms with Gasteiger partial charge in [-0.25, -0.2) is 10.1 Å². The first-order valence-corrected chi connectivity index (χ1v) is 4.66. The lowest BCUT2D eigenvalue weighted by molar-refractivity contribution is -0.530. The average molecular weight is 208 g/mol. The minimum atomic E-state index is -0.829. The molecule has 0 heterocycles. The Hall–Kier alpha value is -1.91. The van der Waals surface area contributed by atoms with Crippen molar-refractivity contribution in [3.8, 4) is 0 Å². The minimum absolute atomic E-state index is 0.176. The second-order valence-corrected chi connectivity index (χ2v) is 3.13. The largest absolute Gasteiger partial charge is 0.280 e. The van der Waals surface area contributed by atoms with Crippen molar-refractivity contribution in [3.63, 3.8) is 0 Å². The average Bonchev–Trinajstić information content (AvgIpc) is 2.18. The van der Waals surface area contributed by atoms with Crippen molar-refractivity contribution in [2.24, 2.45) is 0 Å². The molecule has 0 fully saturated rings. The Kier molecular flexibility index (Phi) is 4.28. The van der Waals surface area contributed by atoms with E-state index in [1.807, 2.05) is 30.3 Å². The van der Waals surface area contributed by atoms with E-state index in [2.05, 4.69) is 0 Å². The fourth-order valence-electron chi connectivity index (χ4n) is 1.26. The summed E-state index contributed by atoms with van der Waals surface area (Å²) in [4.78, 5) is 20.8. The standard InChI is InChI=1S/C10H12N2O3/c13-10(11-12(14)15)8-4-7-9-5-2-1-3-6-9/h1-3,5-6H,4,7-8H2,(H,11,13). The topological polar surface area (TPSA) is 72.2 Å². The van der Waals surface area contributed by atoms with Crippen LogP contribution in [0.1, 0.15) is 18.4 Å². The van der Waals surface area contributed by atoms with Crippen molar-refractivity contribution < 1.29 is 9.83 Å². The molecule has 0 aromatic heterocycles. The smallest absolute Gasteiger partial charge is 0.269 e. The number of benzene rings is 1. The number of hydrazine groups is 1. The lowest BCUT2D eigenvalue weighted by Crippen LogP contribution is -2.28. The summed E-state index contributed by atoms with van der Waals surface area (Å²) in [6, 6.07) is 9.69. The zero-order valence-electron chi connectivity index (χ0n) is 8.18. The van der Waals surface area contributed by atoms with E-state index in [0.717, 1.165) is 12.0 Å². The highest BCUT2D eigenvalue weighted by molar-refractivity contribution is 5.74. The Morgan fingerprint density at radius 3 is 2.60 bits per heavy atom. The zero-order valence-corrected chi connectivity index (χ0v) is 8.18. The van der Waals surface area contributed by atoms with Crippen LogP contribution in [0.15, 0.2) is 30.3 Å². The third-order valence-corrected chi connectivity index (χ3v) is 1.93. The number of rotatable bonds is 5. The molecule has 0 saturated carbocycles. The molecular formula is C10H12N2O3. The summed E-state index contributed by atoms with van der Waals surface area (Å²) in [5.74, 6) is -0.545. The van der Waals surface area contributed by atoms with Crippen LogP contribution in [0.25, 0.3) is 0 Å². The maximum absolute atomic E-state index is 10.9. The number of hydrogen-bond acceptors (Lipinski definition) is 3. The number of hydrogen-bond donors (Lipinski definition) is 1. The van der Waals surface area contributed by atoms with Crippen molar-refractivity contribution in [2.75, 3.05) is 0 Å². The molecule has 0 bridgehead atoms. The van der Waals surface area contributed by atoms with Crippen molar-refractivity contribution in [1.29, 1.82) is 0 Å². The zero-order chi connectivity index (χ0) is 11.1. The SMILES string of the molecule is O=C(CCCc1ccccc1)N[N+](=O)[O-]. The van der Waals surface area contributed by atoms with E-state index in [0.29, 0.717) is 6.42 Å². The summed E-state index contributed by atoms with van der Waals surface area (Å²) in [5, 5.41) is 9.09. The molecule has 5 nitrogen and oxygen atoms in total. The van der Waals surface area contributed by atoms with Crippen LogP contribution in [0.4, 0.5) is 0 Å². The Labute approximate surface area is 87.2 Å². The van der Waals surface area contributed by atoms with Gasteiger partial charge >= 0.3 is 0 Å². The molecule has 0 aliphatic heterocycles. The predicted molar refractivity (Wildman–Crippen MR) is 54.5 cm³/mol. The molecule has 0 saturated heterocycles. The molecule has 5 heteroatoms. The third-order valence-electron chi connectivity index (χ3n) is 1.93. The molecule has 0 aliphatic carbocycles. The van der Waals surface area contributed by atoms with Gasteiger partial charge in [0, 0.05) is 6.42 Å². The molecule has 1 rings (SSSR count). The second-order valence-electron chi connectivity index (χ2n) is 3.13. The van der Waals surface area contributed by atoms with Crippen LogP contribution < -0.4 is 5.43 Å². The maximum Gasteiger partial charge on any atom is 0.280 e. The number of carbonyl (C=O) groups is 1. The summed E-state index contributed by atoms with van der Waals surface area (Å²) in [7, 11) is 0. The number of aryl methyl sites for hydroxylation is 1. The Balaban J connectivity index is 2.22. The van der Waals surface area contributed by atoms with Crippen molar-refractivity contribution in [2.45, 2.75) is 19.3 Å². The minimum Gasteiger partial charge on any atom is -0.269 e. The summed E-state index contributed by atoms with van der Waals surface area (Å²) in [6.07, 6.45) is 1.55. The predicted octanol–water partition coefficient (Wildman–Crippen LogP) is 1.32. The molecule has 0 atom stereocenters. The van der Waals surface area contributed by atoms with Crippen molar-refractivity contribution in [3.05, 3.63) is 46.0 Å². The fourth-order valence-corrected chi connectivity index (χ4v) is 1.26. The monoisotopic (exact) mass is 208 g/mol. The Bertz CT molecular complexity index is 338. The molecule has 0 unspecified atom stereocenters. The van der Waals surface area contributed by atoms with E-state index in [4.69, 9.17) is 0 Å². The molecule has 15 heavy (non-hydrogen) atoms. The van der Waals surface area contributed by atoms with Gasteiger partial charge in [0.25, 0.3) is 5.91 Å². The number of nitro groups is 1. The van der Waals surface area contributed by atoms with E-state index in [1.165, 1.54) is 0 Å². The van der Waals surface area contributed by atoms with Crippen LogP contribution in [-0.2, 0) is 11.2 Å². The van der Waals surface area contributed by atoms with Crippen LogP contribution in [-0.4, -0.2) is 10.9 Å². The first-order chi connectivity index (χ1) is 7.18. The normalized spacial score (nSPS) is 9.60. The molecule has 0 aliphatic rings.